The van der Waals surface area contributed by atoms with Gasteiger partial charge in [0.2, 0.25) is 0 Å². The second-order valence-corrected chi connectivity index (χ2v) is 7.54. The molecule has 0 radical (unpaired) electrons. The number of nitrogens with one attached hydrogen (secondary N) is 2. The van der Waals surface area contributed by atoms with Gasteiger partial charge in [-0.2, -0.15) is 0 Å². The number of anilines is 1. The van der Waals surface area contributed by atoms with Crippen molar-refractivity contribution in [2.45, 2.75) is 71.1 Å². The van der Waals surface area contributed by atoms with E-state index in [0.29, 0.717) is 6.04 Å². The van der Waals surface area contributed by atoms with Crippen molar-refractivity contribution < 1.29 is 14.3 Å². The smallest absolute Gasteiger partial charge is 0.407 e. The molecule has 0 bridgehead atoms. The molecule has 134 valence electrons. The third-order valence-corrected chi connectivity index (χ3v) is 4.16. The monoisotopic (exact) mass is 334 g/mol. The van der Waals surface area contributed by atoms with Crippen LogP contribution in [0.5, 0.6) is 5.75 Å². The Morgan fingerprint density at radius 3 is 2.33 bits per heavy atom. The van der Waals surface area contributed by atoms with E-state index in [4.69, 9.17) is 9.47 Å². The quantitative estimate of drug-likeness (QED) is 0.864. The van der Waals surface area contributed by atoms with Crippen LogP contribution in [0.2, 0.25) is 0 Å². The number of alkyl carbamates (subject to hydrolysis) is 1. The number of rotatable bonds is 4. The van der Waals surface area contributed by atoms with Gasteiger partial charge < -0.3 is 20.1 Å². The van der Waals surface area contributed by atoms with Crippen molar-refractivity contribution in [2.75, 3.05) is 12.4 Å². The van der Waals surface area contributed by atoms with Crippen LogP contribution in [0, 0.1) is 6.92 Å². The summed E-state index contributed by atoms with van der Waals surface area (Å²) in [6.45, 7) is 7.69. The molecule has 2 N–H and O–H groups in total. The van der Waals surface area contributed by atoms with Gasteiger partial charge in [-0.15, -0.1) is 0 Å². The summed E-state index contributed by atoms with van der Waals surface area (Å²) in [7, 11) is 1.70. The lowest BCUT2D eigenvalue weighted by Crippen LogP contribution is -2.42. The molecule has 0 heterocycles. The lowest BCUT2D eigenvalue weighted by atomic mass is 9.91. The van der Waals surface area contributed by atoms with E-state index < -0.39 is 5.60 Å². The van der Waals surface area contributed by atoms with Crippen molar-refractivity contribution in [3.8, 4) is 5.75 Å². The van der Waals surface area contributed by atoms with Gasteiger partial charge in [0.15, 0.2) is 0 Å². The Hall–Kier alpha value is -1.91. The molecule has 1 aromatic carbocycles. The Balaban J connectivity index is 1.82. The maximum atomic E-state index is 11.8. The predicted octanol–water partition coefficient (Wildman–Crippen LogP) is 4.25. The number of ether oxygens (including phenoxy) is 2. The first-order chi connectivity index (χ1) is 11.3. The molecule has 0 saturated heterocycles. The molecule has 0 atom stereocenters. The Bertz CT molecular complexity index is 558. The number of carbonyl (C=O) groups excluding carboxylic acids is 1. The highest BCUT2D eigenvalue weighted by Gasteiger charge is 2.25. The second-order valence-electron chi connectivity index (χ2n) is 7.54. The molecule has 0 unspecified atom stereocenters. The van der Waals surface area contributed by atoms with E-state index in [1.165, 1.54) is 5.56 Å². The van der Waals surface area contributed by atoms with Crippen LogP contribution in [-0.2, 0) is 4.74 Å². The Labute approximate surface area is 145 Å². The van der Waals surface area contributed by atoms with Crippen LogP contribution in [0.3, 0.4) is 0 Å². The molecule has 5 nitrogen and oxygen atoms in total. The van der Waals surface area contributed by atoms with Crippen molar-refractivity contribution in [3.05, 3.63) is 23.8 Å². The van der Waals surface area contributed by atoms with Crippen molar-refractivity contribution >= 4 is 11.8 Å². The van der Waals surface area contributed by atoms with Crippen LogP contribution >= 0.6 is 0 Å². The van der Waals surface area contributed by atoms with Gasteiger partial charge in [-0.3, -0.25) is 0 Å². The van der Waals surface area contributed by atoms with Gasteiger partial charge in [0, 0.05) is 12.1 Å². The number of hydrogen-bond donors (Lipinski definition) is 2. The van der Waals surface area contributed by atoms with Crippen molar-refractivity contribution in [3.63, 3.8) is 0 Å². The van der Waals surface area contributed by atoms with Gasteiger partial charge >= 0.3 is 6.09 Å². The van der Waals surface area contributed by atoms with E-state index in [-0.39, 0.29) is 12.1 Å². The van der Waals surface area contributed by atoms with E-state index in [9.17, 15) is 4.79 Å². The minimum Gasteiger partial charge on any atom is -0.495 e. The molecular formula is C19H30N2O3. The van der Waals surface area contributed by atoms with Gasteiger partial charge in [0.05, 0.1) is 12.8 Å². The highest BCUT2D eigenvalue weighted by atomic mass is 16.6. The molecule has 1 aromatic rings. The van der Waals surface area contributed by atoms with Crippen molar-refractivity contribution in [1.29, 1.82) is 0 Å². The van der Waals surface area contributed by atoms with Crippen LogP contribution in [0.25, 0.3) is 0 Å². The number of amides is 1. The molecule has 5 heteroatoms. The molecule has 1 fully saturated rings. The Morgan fingerprint density at radius 1 is 1.12 bits per heavy atom. The van der Waals surface area contributed by atoms with Gasteiger partial charge in [-0.1, -0.05) is 6.07 Å². The highest BCUT2D eigenvalue weighted by molar-refractivity contribution is 5.68. The minimum atomic E-state index is -0.454. The maximum absolute atomic E-state index is 11.8. The van der Waals surface area contributed by atoms with Crippen LogP contribution in [0.1, 0.15) is 52.0 Å². The fourth-order valence-corrected chi connectivity index (χ4v) is 2.99. The first-order valence-electron chi connectivity index (χ1n) is 8.67. The summed E-state index contributed by atoms with van der Waals surface area (Å²) in [5.74, 6) is 0.879. The Kier molecular flexibility index (Phi) is 5.97. The number of benzene rings is 1. The normalized spacial score (nSPS) is 21.0. The number of carbonyl (C=O) groups is 1. The molecule has 2 rings (SSSR count). The minimum absolute atomic E-state index is 0.192. The van der Waals surface area contributed by atoms with Crippen LogP contribution in [0.15, 0.2) is 18.2 Å². The average molecular weight is 334 g/mol. The Morgan fingerprint density at radius 2 is 1.75 bits per heavy atom. The molecule has 1 saturated carbocycles. The summed E-state index contributed by atoms with van der Waals surface area (Å²) in [6, 6.07) is 6.79. The standard InChI is InChI=1S/C19H30N2O3/c1-13-6-11-16(17(12-13)23-5)20-14-7-9-15(10-8-14)21-18(22)24-19(2,3)4/h6,11-12,14-15,20H,7-10H2,1-5H3,(H,21,22). The zero-order valence-corrected chi connectivity index (χ0v) is 15.4. The third-order valence-electron chi connectivity index (χ3n) is 4.16. The summed E-state index contributed by atoms with van der Waals surface area (Å²) in [5, 5.41) is 6.55. The van der Waals surface area contributed by atoms with Crippen LogP contribution < -0.4 is 15.4 Å². The summed E-state index contributed by atoms with van der Waals surface area (Å²) < 4.78 is 10.8. The first-order valence-corrected chi connectivity index (χ1v) is 8.67. The van der Waals surface area contributed by atoms with E-state index in [0.717, 1.165) is 37.1 Å². The van der Waals surface area contributed by atoms with Gasteiger partial charge in [0.1, 0.15) is 11.4 Å². The van der Waals surface area contributed by atoms with Crippen molar-refractivity contribution in [1.82, 2.24) is 5.32 Å². The zero-order valence-electron chi connectivity index (χ0n) is 15.4. The topological polar surface area (TPSA) is 59.6 Å². The van der Waals surface area contributed by atoms with Gasteiger partial charge in [-0.05, 0) is 71.1 Å². The largest absolute Gasteiger partial charge is 0.495 e. The summed E-state index contributed by atoms with van der Waals surface area (Å²) in [6.07, 6.45) is 3.60. The first kappa shape index (κ1) is 18.4. The molecule has 24 heavy (non-hydrogen) atoms. The lowest BCUT2D eigenvalue weighted by Gasteiger charge is -2.31. The van der Waals surface area contributed by atoms with E-state index >= 15 is 0 Å². The zero-order chi connectivity index (χ0) is 17.7. The molecule has 1 amide bonds. The van der Waals surface area contributed by atoms with Gasteiger partial charge in [-0.25, -0.2) is 4.79 Å². The van der Waals surface area contributed by atoms with Crippen LogP contribution in [-0.4, -0.2) is 30.9 Å². The molecule has 0 aliphatic heterocycles. The van der Waals surface area contributed by atoms with E-state index in [2.05, 4.69) is 29.7 Å². The fraction of sp³-hybridized carbons (Fsp3) is 0.632. The summed E-state index contributed by atoms with van der Waals surface area (Å²) >= 11 is 0. The highest BCUT2D eigenvalue weighted by Crippen LogP contribution is 2.29. The predicted molar refractivity (Wildman–Crippen MR) is 96.8 cm³/mol. The van der Waals surface area contributed by atoms with E-state index in [1.54, 1.807) is 7.11 Å². The summed E-state index contributed by atoms with van der Waals surface area (Å²) in [4.78, 5) is 11.8. The second kappa shape index (κ2) is 7.77. The number of aryl methyl sites for hydroxylation is 1. The maximum Gasteiger partial charge on any atom is 0.407 e. The fourth-order valence-electron chi connectivity index (χ4n) is 2.99. The molecule has 1 aliphatic carbocycles. The molecule has 1 aliphatic rings. The average Bonchev–Trinajstić information content (AvgIpc) is 2.49. The molecule has 0 spiro atoms. The number of methoxy groups -OCH3 is 1. The SMILES string of the molecule is COc1cc(C)ccc1NC1CCC(NC(=O)OC(C)(C)C)CC1. The molecule has 0 aromatic heterocycles. The van der Waals surface area contributed by atoms with Gasteiger partial charge in [0.25, 0.3) is 0 Å². The van der Waals surface area contributed by atoms with Crippen LogP contribution in [0.4, 0.5) is 10.5 Å². The number of hydrogen-bond acceptors (Lipinski definition) is 4. The summed E-state index contributed by atoms with van der Waals surface area (Å²) in [5.41, 5.74) is 1.76. The van der Waals surface area contributed by atoms with E-state index in [1.807, 2.05) is 26.8 Å². The van der Waals surface area contributed by atoms with Crippen molar-refractivity contribution in [2.24, 2.45) is 0 Å². The molecular weight excluding hydrogens is 304 g/mol. The lowest BCUT2D eigenvalue weighted by molar-refractivity contribution is 0.0492. The third kappa shape index (κ3) is 5.62.